The number of carbonyl (C=O) groups excluding carboxylic acids is 1. The van der Waals surface area contributed by atoms with E-state index in [0.717, 1.165) is 11.3 Å². The van der Waals surface area contributed by atoms with Crippen molar-refractivity contribution in [3.63, 3.8) is 0 Å². The van der Waals surface area contributed by atoms with Crippen molar-refractivity contribution in [3.8, 4) is 0 Å². The predicted molar refractivity (Wildman–Crippen MR) is 97.5 cm³/mol. The van der Waals surface area contributed by atoms with Gasteiger partial charge in [-0.05, 0) is 29.8 Å². The third-order valence-electron chi connectivity index (χ3n) is 3.23. The minimum Gasteiger partial charge on any atom is -0.465 e. The smallest absolute Gasteiger partial charge is 0.404 e. The van der Waals surface area contributed by atoms with Crippen LogP contribution < -0.4 is 16.0 Å². The van der Waals surface area contributed by atoms with Crippen molar-refractivity contribution in [1.82, 2.24) is 10.6 Å². The van der Waals surface area contributed by atoms with Crippen molar-refractivity contribution >= 4 is 40.6 Å². The lowest BCUT2D eigenvalue weighted by atomic mass is 10.2. The molecule has 7 nitrogen and oxygen atoms in total. The molecule has 1 unspecified atom stereocenters. The zero-order valence-corrected chi connectivity index (χ0v) is 14.7. The van der Waals surface area contributed by atoms with Crippen LogP contribution in [0.3, 0.4) is 0 Å². The lowest BCUT2D eigenvalue weighted by Crippen LogP contribution is -2.35. The molecule has 0 spiro atoms. The number of nitrogens with one attached hydrogen (secondary N) is 3. The molecule has 0 aliphatic rings. The number of aliphatic hydroxyl groups excluding tert-OH is 1. The number of amides is 2. The van der Waals surface area contributed by atoms with Gasteiger partial charge in [0.05, 0.1) is 15.3 Å². The molecule has 134 valence electrons. The van der Waals surface area contributed by atoms with Crippen molar-refractivity contribution in [1.29, 1.82) is 0 Å². The normalized spacial score (nSPS) is 11.6. The third kappa shape index (κ3) is 6.61. The molecule has 2 amide bonds. The molecule has 1 heterocycles. The molecule has 5 N–H and O–H groups in total. The van der Waals surface area contributed by atoms with E-state index in [1.165, 1.54) is 11.3 Å². The van der Waals surface area contributed by atoms with Gasteiger partial charge in [0.25, 0.3) is 5.91 Å². The molecule has 0 saturated carbocycles. The second-order valence-corrected chi connectivity index (χ2v) is 6.92. The number of thiophene rings is 1. The van der Waals surface area contributed by atoms with Gasteiger partial charge in [-0.1, -0.05) is 23.7 Å². The summed E-state index contributed by atoms with van der Waals surface area (Å²) in [4.78, 5) is 22.8. The van der Waals surface area contributed by atoms with Crippen molar-refractivity contribution in [3.05, 3.63) is 51.2 Å². The Balaban J connectivity index is 1.71. The summed E-state index contributed by atoms with van der Waals surface area (Å²) in [5.74, 6) is -0.272. The topological polar surface area (TPSA) is 111 Å². The maximum absolute atomic E-state index is 11.8. The van der Waals surface area contributed by atoms with E-state index in [0.29, 0.717) is 9.21 Å². The van der Waals surface area contributed by atoms with Gasteiger partial charge in [0.1, 0.15) is 0 Å². The van der Waals surface area contributed by atoms with E-state index in [1.54, 1.807) is 36.4 Å². The minimum atomic E-state index is -1.07. The van der Waals surface area contributed by atoms with Gasteiger partial charge in [0.2, 0.25) is 0 Å². The molecule has 2 rings (SSSR count). The number of carboxylic acid groups (broad SMARTS) is 1. The number of halogens is 1. The van der Waals surface area contributed by atoms with Gasteiger partial charge in [0.15, 0.2) is 0 Å². The highest BCUT2D eigenvalue weighted by Gasteiger charge is 2.11. The van der Waals surface area contributed by atoms with Crippen molar-refractivity contribution < 1.29 is 19.8 Å². The quantitative estimate of drug-likeness (QED) is 0.480. The number of rotatable bonds is 8. The Labute approximate surface area is 153 Å². The van der Waals surface area contributed by atoms with E-state index < -0.39 is 12.2 Å². The van der Waals surface area contributed by atoms with E-state index >= 15 is 0 Å². The summed E-state index contributed by atoms with van der Waals surface area (Å²) in [5.41, 5.74) is 1.62. The second kappa shape index (κ2) is 9.26. The molecule has 0 fully saturated rings. The third-order valence-corrected chi connectivity index (χ3v) is 4.46. The first-order valence-corrected chi connectivity index (χ1v) is 8.64. The molecule has 25 heavy (non-hydrogen) atoms. The van der Waals surface area contributed by atoms with E-state index in [4.69, 9.17) is 16.7 Å². The van der Waals surface area contributed by atoms with E-state index in [2.05, 4.69) is 16.0 Å². The molecule has 2 aromatic rings. The average molecular weight is 384 g/mol. The summed E-state index contributed by atoms with van der Waals surface area (Å²) in [6.45, 7) is 0.608. The fraction of sp³-hybridized carbons (Fsp3) is 0.250. The van der Waals surface area contributed by atoms with Crippen LogP contribution in [-0.4, -0.2) is 41.4 Å². The van der Waals surface area contributed by atoms with E-state index in [1.807, 2.05) is 0 Å². The number of benzene rings is 1. The van der Waals surface area contributed by atoms with Crippen LogP contribution in [0.2, 0.25) is 4.34 Å². The van der Waals surface area contributed by atoms with Gasteiger partial charge < -0.3 is 26.2 Å². The largest absolute Gasteiger partial charge is 0.465 e. The Morgan fingerprint density at radius 3 is 2.40 bits per heavy atom. The fourth-order valence-electron chi connectivity index (χ4n) is 1.96. The molecule has 0 bridgehead atoms. The number of anilines is 1. The molecule has 1 aromatic heterocycles. The number of aliphatic hydroxyl groups is 1. The van der Waals surface area contributed by atoms with Gasteiger partial charge in [-0.15, -0.1) is 11.3 Å². The van der Waals surface area contributed by atoms with Gasteiger partial charge in [0, 0.05) is 25.3 Å². The summed E-state index contributed by atoms with van der Waals surface area (Å²) in [5, 5.41) is 26.5. The van der Waals surface area contributed by atoms with E-state index in [-0.39, 0.29) is 25.5 Å². The summed E-state index contributed by atoms with van der Waals surface area (Å²) in [6, 6.07) is 10.4. The molecule has 0 radical (unpaired) electrons. The van der Waals surface area contributed by atoms with Crippen molar-refractivity contribution in [2.75, 3.05) is 18.4 Å². The van der Waals surface area contributed by atoms with Crippen LogP contribution in [0.4, 0.5) is 10.5 Å². The van der Waals surface area contributed by atoms with E-state index in [9.17, 15) is 14.7 Å². The molecule has 0 saturated heterocycles. The first-order valence-electron chi connectivity index (χ1n) is 7.45. The highest BCUT2D eigenvalue weighted by atomic mass is 35.5. The minimum absolute atomic E-state index is 0.113. The molecular formula is C16H18ClN3O4S. The Hall–Kier alpha value is -2.29. The summed E-state index contributed by atoms with van der Waals surface area (Å²) in [7, 11) is 0. The molecule has 1 atom stereocenters. The van der Waals surface area contributed by atoms with Crippen molar-refractivity contribution in [2.24, 2.45) is 0 Å². The standard InChI is InChI=1S/C16H18ClN3O4S/c17-14-6-5-13(25-14)15(22)19-9-12(21)8-18-11-3-1-10(2-4-11)7-20-16(23)24/h1-6,12,18,20-21H,7-9H2,(H,19,22)(H,23,24). The maximum Gasteiger partial charge on any atom is 0.404 e. The maximum atomic E-state index is 11.8. The Morgan fingerprint density at radius 2 is 1.80 bits per heavy atom. The van der Waals surface area contributed by atoms with Gasteiger partial charge in [-0.3, -0.25) is 4.79 Å². The monoisotopic (exact) mass is 383 g/mol. The Bertz CT molecular complexity index is 720. The molecule has 9 heteroatoms. The van der Waals surface area contributed by atoms with Gasteiger partial charge >= 0.3 is 6.09 Å². The lowest BCUT2D eigenvalue weighted by Gasteiger charge is -2.14. The number of hydrogen-bond acceptors (Lipinski definition) is 5. The predicted octanol–water partition coefficient (Wildman–Crippen LogP) is 2.37. The molecule has 0 aliphatic carbocycles. The van der Waals surface area contributed by atoms with Crippen LogP contribution in [0.1, 0.15) is 15.2 Å². The van der Waals surface area contributed by atoms with Crippen LogP contribution >= 0.6 is 22.9 Å². The molecular weight excluding hydrogens is 366 g/mol. The highest BCUT2D eigenvalue weighted by molar-refractivity contribution is 7.17. The Morgan fingerprint density at radius 1 is 1.08 bits per heavy atom. The molecule has 1 aromatic carbocycles. The first-order chi connectivity index (χ1) is 11.9. The first kappa shape index (κ1) is 19.0. The van der Waals surface area contributed by atoms with Crippen LogP contribution in [0.25, 0.3) is 0 Å². The lowest BCUT2D eigenvalue weighted by molar-refractivity contribution is 0.0926. The van der Waals surface area contributed by atoms with Gasteiger partial charge in [-0.2, -0.15) is 0 Å². The highest BCUT2D eigenvalue weighted by Crippen LogP contribution is 2.21. The SMILES string of the molecule is O=C(O)NCc1ccc(NCC(O)CNC(=O)c2ccc(Cl)s2)cc1. The second-order valence-electron chi connectivity index (χ2n) is 5.20. The van der Waals surface area contributed by atoms with Crippen LogP contribution in [-0.2, 0) is 6.54 Å². The molecule has 0 aliphatic heterocycles. The summed E-state index contributed by atoms with van der Waals surface area (Å²) >= 11 is 6.96. The summed E-state index contributed by atoms with van der Waals surface area (Å²) < 4.78 is 0.536. The van der Waals surface area contributed by atoms with Crippen molar-refractivity contribution in [2.45, 2.75) is 12.6 Å². The number of carbonyl (C=O) groups is 2. The average Bonchev–Trinajstić information content (AvgIpc) is 3.03. The van der Waals surface area contributed by atoms with Crippen LogP contribution in [0, 0.1) is 0 Å². The zero-order chi connectivity index (χ0) is 18.2. The number of hydrogen-bond donors (Lipinski definition) is 5. The fourth-order valence-corrected chi connectivity index (χ4v) is 2.92. The summed E-state index contributed by atoms with van der Waals surface area (Å²) in [6.07, 6.45) is -1.83. The van der Waals surface area contributed by atoms with Crippen LogP contribution in [0.5, 0.6) is 0 Å². The van der Waals surface area contributed by atoms with Gasteiger partial charge in [-0.25, -0.2) is 4.79 Å². The van der Waals surface area contributed by atoms with Crippen LogP contribution in [0.15, 0.2) is 36.4 Å². The Kier molecular flexibility index (Phi) is 7.05. The zero-order valence-electron chi connectivity index (χ0n) is 13.2.